The number of thiazole rings is 1. The van der Waals surface area contributed by atoms with Gasteiger partial charge in [0.25, 0.3) is 0 Å². The molecule has 0 spiro atoms. The number of aromatic nitrogens is 1. The molecule has 0 saturated carbocycles. The molecular formula is C12H21N3S. The van der Waals surface area contributed by atoms with Crippen molar-refractivity contribution in [2.75, 3.05) is 13.1 Å². The molecule has 2 unspecified atom stereocenters. The molecule has 2 N–H and O–H groups in total. The second-order valence-corrected chi connectivity index (χ2v) is 5.85. The third-order valence-corrected chi connectivity index (χ3v) is 4.19. The van der Waals surface area contributed by atoms with Crippen LogP contribution in [0.3, 0.4) is 0 Å². The summed E-state index contributed by atoms with van der Waals surface area (Å²) >= 11 is 1.79. The van der Waals surface area contributed by atoms with Gasteiger partial charge in [-0.25, -0.2) is 4.98 Å². The number of nitrogens with one attached hydrogen (secondary N) is 2. The fourth-order valence-electron chi connectivity index (χ4n) is 2.08. The summed E-state index contributed by atoms with van der Waals surface area (Å²) in [6.45, 7) is 6.54. The van der Waals surface area contributed by atoms with E-state index in [2.05, 4.69) is 29.5 Å². The zero-order valence-corrected chi connectivity index (χ0v) is 10.9. The van der Waals surface area contributed by atoms with Crippen LogP contribution in [0, 0.1) is 6.92 Å². The van der Waals surface area contributed by atoms with Crippen LogP contribution in [0.2, 0.25) is 0 Å². The Kier molecular flexibility index (Phi) is 4.32. The van der Waals surface area contributed by atoms with Crippen LogP contribution in [-0.4, -0.2) is 24.1 Å². The van der Waals surface area contributed by atoms with Crippen LogP contribution in [0.25, 0.3) is 0 Å². The first-order valence-corrected chi connectivity index (χ1v) is 6.96. The maximum Gasteiger partial charge on any atom is 0.109 e. The van der Waals surface area contributed by atoms with Gasteiger partial charge in [-0.2, -0.15) is 0 Å². The number of rotatable bonds is 4. The van der Waals surface area contributed by atoms with Crippen LogP contribution in [-0.2, 0) is 0 Å². The fourth-order valence-corrected chi connectivity index (χ4v) is 2.88. The van der Waals surface area contributed by atoms with Crippen molar-refractivity contribution in [2.24, 2.45) is 0 Å². The van der Waals surface area contributed by atoms with E-state index < -0.39 is 0 Å². The van der Waals surface area contributed by atoms with Gasteiger partial charge in [-0.1, -0.05) is 6.42 Å². The van der Waals surface area contributed by atoms with E-state index in [-0.39, 0.29) is 0 Å². The summed E-state index contributed by atoms with van der Waals surface area (Å²) < 4.78 is 0. The SMILES string of the molecule is Cc1cnc(C(C)NCC2CCCCN2)s1. The lowest BCUT2D eigenvalue weighted by molar-refractivity contribution is 0.371. The van der Waals surface area contributed by atoms with Crippen LogP contribution >= 0.6 is 11.3 Å². The highest BCUT2D eigenvalue weighted by atomic mass is 32.1. The molecule has 1 aliphatic heterocycles. The van der Waals surface area contributed by atoms with Gasteiger partial charge in [0, 0.05) is 23.7 Å². The molecule has 1 aliphatic rings. The van der Waals surface area contributed by atoms with Gasteiger partial charge in [0.05, 0.1) is 6.04 Å². The zero-order chi connectivity index (χ0) is 11.4. The van der Waals surface area contributed by atoms with Crippen molar-refractivity contribution >= 4 is 11.3 Å². The van der Waals surface area contributed by atoms with Crippen molar-refractivity contribution in [1.82, 2.24) is 15.6 Å². The summed E-state index contributed by atoms with van der Waals surface area (Å²) in [4.78, 5) is 5.71. The Morgan fingerprint density at radius 3 is 3.12 bits per heavy atom. The number of nitrogens with zero attached hydrogens (tertiary/aromatic N) is 1. The molecule has 1 aromatic rings. The average molecular weight is 239 g/mol. The first kappa shape index (κ1) is 12.0. The Balaban J connectivity index is 1.76. The van der Waals surface area contributed by atoms with Gasteiger partial charge in [-0.15, -0.1) is 11.3 Å². The standard InChI is InChI=1S/C12H21N3S/c1-9-7-15-12(16-9)10(2)14-8-11-5-3-4-6-13-11/h7,10-11,13-14H,3-6,8H2,1-2H3. The molecule has 0 bridgehead atoms. The van der Waals surface area contributed by atoms with Crippen molar-refractivity contribution in [3.63, 3.8) is 0 Å². The Morgan fingerprint density at radius 2 is 2.50 bits per heavy atom. The van der Waals surface area contributed by atoms with Gasteiger partial charge >= 0.3 is 0 Å². The number of aryl methyl sites for hydroxylation is 1. The fraction of sp³-hybridized carbons (Fsp3) is 0.750. The molecule has 0 aromatic carbocycles. The lowest BCUT2D eigenvalue weighted by Gasteiger charge is -2.25. The van der Waals surface area contributed by atoms with E-state index in [1.165, 1.54) is 35.7 Å². The minimum Gasteiger partial charge on any atom is -0.313 e. The topological polar surface area (TPSA) is 37.0 Å². The predicted molar refractivity (Wildman–Crippen MR) is 68.9 cm³/mol. The summed E-state index contributed by atoms with van der Waals surface area (Å²) in [6.07, 6.45) is 5.95. The largest absolute Gasteiger partial charge is 0.313 e. The van der Waals surface area contributed by atoms with Crippen LogP contribution < -0.4 is 10.6 Å². The highest BCUT2D eigenvalue weighted by Crippen LogP contribution is 2.19. The molecule has 2 atom stereocenters. The van der Waals surface area contributed by atoms with Crippen LogP contribution in [0.15, 0.2) is 6.20 Å². The van der Waals surface area contributed by atoms with Gasteiger partial charge in [0.1, 0.15) is 5.01 Å². The van der Waals surface area contributed by atoms with Crippen molar-refractivity contribution in [1.29, 1.82) is 0 Å². The second kappa shape index (κ2) is 5.75. The second-order valence-electron chi connectivity index (χ2n) is 4.59. The molecule has 0 radical (unpaired) electrons. The lowest BCUT2D eigenvalue weighted by Crippen LogP contribution is -2.42. The molecule has 2 heterocycles. The first-order valence-electron chi connectivity index (χ1n) is 6.15. The highest BCUT2D eigenvalue weighted by molar-refractivity contribution is 7.11. The summed E-state index contributed by atoms with van der Waals surface area (Å²) in [5.74, 6) is 0. The van der Waals surface area contributed by atoms with Gasteiger partial charge in [0.2, 0.25) is 0 Å². The van der Waals surface area contributed by atoms with E-state index >= 15 is 0 Å². The van der Waals surface area contributed by atoms with E-state index in [4.69, 9.17) is 0 Å². The van der Waals surface area contributed by atoms with Crippen molar-refractivity contribution in [3.05, 3.63) is 16.1 Å². The Labute approximate surface area is 102 Å². The maximum atomic E-state index is 4.42. The predicted octanol–water partition coefficient (Wildman–Crippen LogP) is 2.24. The molecule has 1 fully saturated rings. The highest BCUT2D eigenvalue weighted by Gasteiger charge is 2.14. The average Bonchev–Trinajstić information content (AvgIpc) is 2.74. The van der Waals surface area contributed by atoms with Crippen LogP contribution in [0.5, 0.6) is 0 Å². The van der Waals surface area contributed by atoms with Crippen molar-refractivity contribution in [3.8, 4) is 0 Å². The molecule has 0 amide bonds. The van der Waals surface area contributed by atoms with E-state index in [1.54, 1.807) is 11.3 Å². The van der Waals surface area contributed by atoms with E-state index in [0.717, 1.165) is 6.54 Å². The minimum absolute atomic E-state index is 0.377. The Morgan fingerprint density at radius 1 is 1.62 bits per heavy atom. The normalized spacial score (nSPS) is 23.2. The van der Waals surface area contributed by atoms with Crippen LogP contribution in [0.1, 0.15) is 42.1 Å². The summed E-state index contributed by atoms with van der Waals surface area (Å²) in [6, 6.07) is 1.03. The lowest BCUT2D eigenvalue weighted by atomic mass is 10.1. The third kappa shape index (κ3) is 3.27. The Hall–Kier alpha value is -0.450. The van der Waals surface area contributed by atoms with E-state index in [1.807, 2.05) is 6.20 Å². The monoisotopic (exact) mass is 239 g/mol. The molecule has 90 valence electrons. The molecule has 0 aliphatic carbocycles. The van der Waals surface area contributed by atoms with Gasteiger partial charge in [0.15, 0.2) is 0 Å². The van der Waals surface area contributed by atoms with E-state index in [9.17, 15) is 0 Å². The summed E-state index contributed by atoms with van der Waals surface area (Å²) in [7, 11) is 0. The third-order valence-electron chi connectivity index (χ3n) is 3.09. The smallest absolute Gasteiger partial charge is 0.109 e. The number of hydrogen-bond acceptors (Lipinski definition) is 4. The molecule has 4 heteroatoms. The quantitative estimate of drug-likeness (QED) is 0.846. The van der Waals surface area contributed by atoms with Gasteiger partial charge in [-0.3, -0.25) is 0 Å². The molecule has 3 nitrogen and oxygen atoms in total. The number of hydrogen-bond donors (Lipinski definition) is 2. The molecule has 16 heavy (non-hydrogen) atoms. The maximum absolute atomic E-state index is 4.42. The zero-order valence-electron chi connectivity index (χ0n) is 10.1. The number of piperidine rings is 1. The molecule has 1 saturated heterocycles. The van der Waals surface area contributed by atoms with Crippen LogP contribution in [0.4, 0.5) is 0 Å². The molecular weight excluding hydrogens is 218 g/mol. The van der Waals surface area contributed by atoms with E-state index in [0.29, 0.717) is 12.1 Å². The molecule has 1 aromatic heterocycles. The molecule has 2 rings (SSSR count). The van der Waals surface area contributed by atoms with Crippen molar-refractivity contribution < 1.29 is 0 Å². The summed E-state index contributed by atoms with van der Waals surface area (Å²) in [5.41, 5.74) is 0. The van der Waals surface area contributed by atoms with Gasteiger partial charge < -0.3 is 10.6 Å². The first-order chi connectivity index (χ1) is 7.75. The summed E-state index contributed by atoms with van der Waals surface area (Å²) in [5, 5.41) is 8.32. The Bertz CT molecular complexity index is 318. The van der Waals surface area contributed by atoms with Crippen molar-refractivity contribution in [2.45, 2.75) is 45.2 Å². The minimum atomic E-state index is 0.377. The van der Waals surface area contributed by atoms with Gasteiger partial charge in [-0.05, 0) is 33.2 Å².